The summed E-state index contributed by atoms with van der Waals surface area (Å²) in [7, 11) is 0. The Balaban J connectivity index is 1.76. The molecule has 3 heteroatoms. The summed E-state index contributed by atoms with van der Waals surface area (Å²) in [5.41, 5.74) is 0. The zero-order valence-electron chi connectivity index (χ0n) is 13.3. The molecule has 1 aliphatic heterocycles. The van der Waals surface area contributed by atoms with Gasteiger partial charge in [0.1, 0.15) is 5.76 Å². The van der Waals surface area contributed by atoms with Crippen molar-refractivity contribution in [2.45, 2.75) is 58.5 Å². The molecule has 1 saturated heterocycles. The summed E-state index contributed by atoms with van der Waals surface area (Å²) >= 11 is 0. The van der Waals surface area contributed by atoms with Gasteiger partial charge in [-0.25, -0.2) is 0 Å². The van der Waals surface area contributed by atoms with Crippen molar-refractivity contribution in [3.63, 3.8) is 0 Å². The van der Waals surface area contributed by atoms with Crippen LogP contribution in [0.25, 0.3) is 0 Å². The number of hydrogen-bond acceptors (Lipinski definition) is 3. The molecule has 0 bridgehead atoms. The molecule has 1 N–H and O–H groups in total. The van der Waals surface area contributed by atoms with Crippen molar-refractivity contribution in [3.05, 3.63) is 24.2 Å². The molecule has 3 atom stereocenters. The summed E-state index contributed by atoms with van der Waals surface area (Å²) < 4.78 is 5.43. The van der Waals surface area contributed by atoms with Gasteiger partial charge in [0.2, 0.25) is 0 Å². The summed E-state index contributed by atoms with van der Waals surface area (Å²) in [6.45, 7) is 10.7. The third-order valence-corrected chi connectivity index (χ3v) is 4.42. The first kappa shape index (κ1) is 15.6. The fourth-order valence-electron chi connectivity index (χ4n) is 3.39. The van der Waals surface area contributed by atoms with Crippen molar-refractivity contribution in [1.82, 2.24) is 10.2 Å². The van der Waals surface area contributed by atoms with Gasteiger partial charge in [-0.15, -0.1) is 0 Å². The van der Waals surface area contributed by atoms with Gasteiger partial charge in [-0.2, -0.15) is 0 Å². The van der Waals surface area contributed by atoms with E-state index >= 15 is 0 Å². The van der Waals surface area contributed by atoms with Crippen LogP contribution in [0.4, 0.5) is 0 Å². The van der Waals surface area contributed by atoms with Gasteiger partial charge >= 0.3 is 0 Å². The maximum absolute atomic E-state index is 5.43. The Morgan fingerprint density at radius 3 is 3.00 bits per heavy atom. The lowest BCUT2D eigenvalue weighted by Gasteiger charge is -2.37. The fourth-order valence-corrected chi connectivity index (χ4v) is 3.39. The Labute approximate surface area is 123 Å². The van der Waals surface area contributed by atoms with E-state index in [-0.39, 0.29) is 0 Å². The Morgan fingerprint density at radius 2 is 2.30 bits per heavy atom. The predicted molar refractivity (Wildman–Crippen MR) is 83.9 cm³/mol. The van der Waals surface area contributed by atoms with E-state index < -0.39 is 0 Å². The highest BCUT2D eigenvalue weighted by Crippen LogP contribution is 2.20. The Hall–Kier alpha value is -0.800. The number of nitrogens with zero attached hydrogens (tertiary/aromatic N) is 1. The highest BCUT2D eigenvalue weighted by Gasteiger charge is 2.25. The molecule has 3 nitrogen and oxygen atoms in total. The van der Waals surface area contributed by atoms with E-state index in [0.29, 0.717) is 12.1 Å². The maximum atomic E-state index is 5.43. The molecular weight excluding hydrogens is 248 g/mol. The average Bonchev–Trinajstić information content (AvgIpc) is 2.92. The molecule has 1 aromatic rings. The van der Waals surface area contributed by atoms with Gasteiger partial charge in [0.05, 0.1) is 6.26 Å². The van der Waals surface area contributed by atoms with Crippen LogP contribution >= 0.6 is 0 Å². The van der Waals surface area contributed by atoms with Crippen LogP contribution in [0.3, 0.4) is 0 Å². The molecule has 3 unspecified atom stereocenters. The van der Waals surface area contributed by atoms with Crippen LogP contribution in [-0.2, 0) is 6.42 Å². The third-order valence-electron chi connectivity index (χ3n) is 4.42. The van der Waals surface area contributed by atoms with Gasteiger partial charge in [-0.3, -0.25) is 0 Å². The average molecular weight is 278 g/mol. The molecule has 114 valence electrons. The number of rotatable bonds is 7. The van der Waals surface area contributed by atoms with E-state index in [2.05, 4.69) is 37.1 Å². The Bertz CT molecular complexity index is 361. The zero-order chi connectivity index (χ0) is 14.4. The van der Waals surface area contributed by atoms with Gasteiger partial charge in [0, 0.05) is 25.0 Å². The first-order valence-electron chi connectivity index (χ1n) is 8.19. The summed E-state index contributed by atoms with van der Waals surface area (Å²) in [6.07, 6.45) is 6.71. The summed E-state index contributed by atoms with van der Waals surface area (Å²) in [4.78, 5) is 2.63. The lowest BCUT2D eigenvalue weighted by molar-refractivity contribution is 0.147. The second-order valence-electron chi connectivity index (χ2n) is 6.34. The van der Waals surface area contributed by atoms with E-state index in [1.54, 1.807) is 6.26 Å². The normalized spacial score (nSPS) is 23.6. The van der Waals surface area contributed by atoms with E-state index in [1.807, 2.05) is 6.07 Å². The Kier molecular flexibility index (Phi) is 6.11. The van der Waals surface area contributed by atoms with Crippen LogP contribution in [0.2, 0.25) is 0 Å². The SMILES string of the molecule is CCCN1CCCC(C(C)NC(C)Cc2ccco2)C1. The molecule has 1 aliphatic rings. The van der Waals surface area contributed by atoms with Gasteiger partial charge in [0.15, 0.2) is 0 Å². The summed E-state index contributed by atoms with van der Waals surface area (Å²) in [5.74, 6) is 1.86. The van der Waals surface area contributed by atoms with E-state index in [4.69, 9.17) is 4.42 Å². The number of likely N-dealkylation sites (tertiary alicyclic amines) is 1. The predicted octanol–water partition coefficient (Wildman–Crippen LogP) is 3.31. The largest absolute Gasteiger partial charge is 0.469 e. The number of furan rings is 1. The minimum atomic E-state index is 0.470. The van der Waals surface area contributed by atoms with Crippen LogP contribution in [0.1, 0.15) is 45.8 Å². The molecular formula is C17H30N2O. The number of nitrogens with one attached hydrogen (secondary N) is 1. The highest BCUT2D eigenvalue weighted by molar-refractivity contribution is 5.00. The Morgan fingerprint density at radius 1 is 1.45 bits per heavy atom. The van der Waals surface area contributed by atoms with Crippen LogP contribution in [0.5, 0.6) is 0 Å². The topological polar surface area (TPSA) is 28.4 Å². The van der Waals surface area contributed by atoms with Crippen molar-refractivity contribution >= 4 is 0 Å². The van der Waals surface area contributed by atoms with Crippen LogP contribution in [-0.4, -0.2) is 36.6 Å². The van der Waals surface area contributed by atoms with Gasteiger partial charge in [-0.1, -0.05) is 6.92 Å². The smallest absolute Gasteiger partial charge is 0.105 e. The molecule has 0 aromatic carbocycles. The molecule has 20 heavy (non-hydrogen) atoms. The second kappa shape index (κ2) is 7.84. The van der Waals surface area contributed by atoms with Crippen molar-refractivity contribution in [2.24, 2.45) is 5.92 Å². The quantitative estimate of drug-likeness (QED) is 0.829. The standard InChI is InChI=1S/C17H30N2O/c1-4-9-19-10-5-7-16(13-19)15(3)18-14(2)12-17-8-6-11-20-17/h6,8,11,14-16,18H,4-5,7,9-10,12-13H2,1-3H3. The van der Waals surface area contributed by atoms with Crippen LogP contribution in [0, 0.1) is 5.92 Å². The van der Waals surface area contributed by atoms with Crippen LogP contribution in [0.15, 0.2) is 22.8 Å². The van der Waals surface area contributed by atoms with Gasteiger partial charge in [-0.05, 0) is 64.3 Å². The van der Waals surface area contributed by atoms with E-state index in [9.17, 15) is 0 Å². The zero-order valence-corrected chi connectivity index (χ0v) is 13.3. The minimum Gasteiger partial charge on any atom is -0.469 e. The van der Waals surface area contributed by atoms with Crippen molar-refractivity contribution in [1.29, 1.82) is 0 Å². The molecule has 0 radical (unpaired) electrons. The van der Waals surface area contributed by atoms with Gasteiger partial charge in [0.25, 0.3) is 0 Å². The third kappa shape index (κ3) is 4.64. The van der Waals surface area contributed by atoms with Gasteiger partial charge < -0.3 is 14.6 Å². The maximum Gasteiger partial charge on any atom is 0.105 e. The minimum absolute atomic E-state index is 0.470. The lowest BCUT2D eigenvalue weighted by Crippen LogP contribution is -2.47. The number of piperidine rings is 1. The van der Waals surface area contributed by atoms with E-state index in [1.165, 1.54) is 38.9 Å². The van der Waals surface area contributed by atoms with Crippen molar-refractivity contribution in [3.8, 4) is 0 Å². The molecule has 2 heterocycles. The van der Waals surface area contributed by atoms with Crippen molar-refractivity contribution in [2.75, 3.05) is 19.6 Å². The number of hydrogen-bond donors (Lipinski definition) is 1. The molecule has 0 spiro atoms. The lowest BCUT2D eigenvalue weighted by atomic mass is 9.91. The molecule has 0 saturated carbocycles. The molecule has 1 fully saturated rings. The highest BCUT2D eigenvalue weighted by atomic mass is 16.3. The summed E-state index contributed by atoms with van der Waals surface area (Å²) in [6, 6.07) is 5.08. The first-order chi connectivity index (χ1) is 9.69. The van der Waals surface area contributed by atoms with Crippen molar-refractivity contribution < 1.29 is 4.42 Å². The van der Waals surface area contributed by atoms with Crippen LogP contribution < -0.4 is 5.32 Å². The fraction of sp³-hybridized carbons (Fsp3) is 0.765. The summed E-state index contributed by atoms with van der Waals surface area (Å²) in [5, 5.41) is 3.76. The monoisotopic (exact) mass is 278 g/mol. The first-order valence-corrected chi connectivity index (χ1v) is 8.19. The molecule has 1 aromatic heterocycles. The molecule has 0 amide bonds. The molecule has 2 rings (SSSR count). The van der Waals surface area contributed by atoms with E-state index in [0.717, 1.165) is 18.1 Å². The second-order valence-corrected chi connectivity index (χ2v) is 6.34. The molecule has 0 aliphatic carbocycles.